The summed E-state index contributed by atoms with van der Waals surface area (Å²) in [6.07, 6.45) is 4.65. The van der Waals surface area contributed by atoms with Gasteiger partial charge in [-0.1, -0.05) is 24.9 Å². The number of rotatable bonds is 7. The highest BCUT2D eigenvalue weighted by molar-refractivity contribution is 5.94. The maximum Gasteiger partial charge on any atom is 0.223 e. The lowest BCUT2D eigenvalue weighted by molar-refractivity contribution is -0.123. The Morgan fingerprint density at radius 3 is 2.67 bits per heavy atom. The van der Waals surface area contributed by atoms with Crippen LogP contribution in [0.2, 0.25) is 0 Å². The number of amides is 1. The standard InChI is InChI=1S/C12H23N3O3/c1-2-8-18-9-5-10(16)14-12(11(13)15-17)6-3-4-7-12/h17H,2-9H2,1H3,(H2,13,15)(H,14,16). The van der Waals surface area contributed by atoms with Crippen molar-refractivity contribution in [3.8, 4) is 0 Å². The Labute approximate surface area is 108 Å². The van der Waals surface area contributed by atoms with Crippen molar-refractivity contribution in [3.63, 3.8) is 0 Å². The van der Waals surface area contributed by atoms with Crippen LogP contribution in [-0.2, 0) is 9.53 Å². The predicted octanol–water partition coefficient (Wildman–Crippen LogP) is 0.979. The lowest BCUT2D eigenvalue weighted by Gasteiger charge is -2.28. The second-order valence-electron chi connectivity index (χ2n) is 4.69. The van der Waals surface area contributed by atoms with E-state index < -0.39 is 5.54 Å². The van der Waals surface area contributed by atoms with Crippen LogP contribution < -0.4 is 11.1 Å². The number of nitrogens with two attached hydrogens (primary N) is 1. The molecule has 0 atom stereocenters. The number of carbonyl (C=O) groups excluding carboxylic acids is 1. The fourth-order valence-electron chi connectivity index (χ4n) is 2.26. The lowest BCUT2D eigenvalue weighted by Crippen LogP contribution is -2.55. The summed E-state index contributed by atoms with van der Waals surface area (Å²) in [5.74, 6) is -0.0116. The van der Waals surface area contributed by atoms with Gasteiger partial charge in [-0.2, -0.15) is 0 Å². The molecule has 0 bridgehead atoms. The van der Waals surface area contributed by atoms with Crippen LogP contribution in [0, 0.1) is 0 Å². The van der Waals surface area contributed by atoms with Crippen molar-refractivity contribution in [1.29, 1.82) is 0 Å². The zero-order valence-corrected chi connectivity index (χ0v) is 10.9. The van der Waals surface area contributed by atoms with Gasteiger partial charge in [-0.3, -0.25) is 4.79 Å². The molecule has 6 heteroatoms. The number of carbonyl (C=O) groups is 1. The van der Waals surface area contributed by atoms with E-state index in [-0.39, 0.29) is 11.7 Å². The van der Waals surface area contributed by atoms with Crippen LogP contribution >= 0.6 is 0 Å². The molecule has 0 radical (unpaired) electrons. The van der Waals surface area contributed by atoms with Crippen molar-refractivity contribution in [2.75, 3.05) is 13.2 Å². The minimum atomic E-state index is -0.656. The van der Waals surface area contributed by atoms with Crippen molar-refractivity contribution < 1.29 is 14.7 Å². The number of nitrogens with one attached hydrogen (secondary N) is 1. The molecule has 0 aromatic carbocycles. The molecule has 0 spiro atoms. The Kier molecular flexibility index (Phi) is 5.91. The summed E-state index contributed by atoms with van der Waals surface area (Å²) in [4.78, 5) is 11.8. The molecule has 1 aliphatic rings. The fourth-order valence-corrected chi connectivity index (χ4v) is 2.26. The number of hydrogen-bond donors (Lipinski definition) is 3. The van der Waals surface area contributed by atoms with E-state index >= 15 is 0 Å². The van der Waals surface area contributed by atoms with Gasteiger partial charge in [0.2, 0.25) is 5.91 Å². The highest BCUT2D eigenvalue weighted by atomic mass is 16.5. The fraction of sp³-hybridized carbons (Fsp3) is 0.833. The van der Waals surface area contributed by atoms with Gasteiger partial charge in [-0.25, -0.2) is 0 Å². The summed E-state index contributed by atoms with van der Waals surface area (Å²) in [6, 6.07) is 0. The molecule has 0 aromatic rings. The van der Waals surface area contributed by atoms with Crippen molar-refractivity contribution in [1.82, 2.24) is 5.32 Å². The van der Waals surface area contributed by atoms with Gasteiger partial charge in [0.05, 0.1) is 6.61 Å². The van der Waals surface area contributed by atoms with Gasteiger partial charge < -0.3 is 21.0 Å². The quantitative estimate of drug-likeness (QED) is 0.208. The average Bonchev–Trinajstić information content (AvgIpc) is 2.83. The third kappa shape index (κ3) is 3.87. The first kappa shape index (κ1) is 14.8. The molecule has 1 rings (SSSR count). The molecule has 1 saturated carbocycles. The van der Waals surface area contributed by atoms with Gasteiger partial charge >= 0.3 is 0 Å². The Bertz CT molecular complexity index is 299. The van der Waals surface area contributed by atoms with Crippen LogP contribution in [0.1, 0.15) is 45.4 Å². The number of oxime groups is 1. The van der Waals surface area contributed by atoms with Gasteiger partial charge in [0.25, 0.3) is 0 Å². The summed E-state index contributed by atoms with van der Waals surface area (Å²) < 4.78 is 5.27. The Hall–Kier alpha value is -1.30. The second kappa shape index (κ2) is 7.20. The van der Waals surface area contributed by atoms with E-state index in [1.165, 1.54) is 0 Å². The largest absolute Gasteiger partial charge is 0.409 e. The van der Waals surface area contributed by atoms with Crippen molar-refractivity contribution in [2.45, 2.75) is 51.0 Å². The topological polar surface area (TPSA) is 96.9 Å². The summed E-state index contributed by atoms with van der Waals surface area (Å²) in [7, 11) is 0. The molecule has 1 amide bonds. The molecular weight excluding hydrogens is 234 g/mol. The van der Waals surface area contributed by atoms with E-state index in [0.29, 0.717) is 19.6 Å². The molecular formula is C12H23N3O3. The molecule has 18 heavy (non-hydrogen) atoms. The minimum Gasteiger partial charge on any atom is -0.409 e. The number of hydrogen-bond acceptors (Lipinski definition) is 4. The summed E-state index contributed by atoms with van der Waals surface area (Å²) in [5, 5.41) is 14.7. The zero-order chi connectivity index (χ0) is 13.4. The molecule has 6 nitrogen and oxygen atoms in total. The van der Waals surface area contributed by atoms with Crippen LogP contribution in [0.4, 0.5) is 0 Å². The van der Waals surface area contributed by atoms with Crippen molar-refractivity contribution >= 4 is 11.7 Å². The van der Waals surface area contributed by atoms with Gasteiger partial charge in [0, 0.05) is 13.0 Å². The van der Waals surface area contributed by atoms with E-state index in [1.807, 2.05) is 6.92 Å². The van der Waals surface area contributed by atoms with Crippen LogP contribution in [0.3, 0.4) is 0 Å². The summed E-state index contributed by atoms with van der Waals surface area (Å²) in [5.41, 5.74) is 5.04. The normalized spacial score (nSPS) is 18.8. The highest BCUT2D eigenvalue weighted by Gasteiger charge is 2.39. The van der Waals surface area contributed by atoms with Gasteiger partial charge in [-0.05, 0) is 19.3 Å². The highest BCUT2D eigenvalue weighted by Crippen LogP contribution is 2.29. The number of nitrogens with zero attached hydrogens (tertiary/aromatic N) is 1. The monoisotopic (exact) mass is 257 g/mol. The summed E-state index contributed by atoms with van der Waals surface area (Å²) in [6.45, 7) is 3.09. The third-order valence-corrected chi connectivity index (χ3v) is 3.26. The molecule has 0 aromatic heterocycles. The van der Waals surface area contributed by atoms with Crippen LogP contribution in [0.15, 0.2) is 5.16 Å². The number of ether oxygens (including phenoxy) is 1. The van der Waals surface area contributed by atoms with E-state index in [1.54, 1.807) is 0 Å². The zero-order valence-electron chi connectivity index (χ0n) is 10.9. The van der Waals surface area contributed by atoms with E-state index in [0.717, 1.165) is 32.1 Å². The average molecular weight is 257 g/mol. The predicted molar refractivity (Wildman–Crippen MR) is 68.5 cm³/mol. The molecule has 4 N–H and O–H groups in total. The molecule has 1 fully saturated rings. The summed E-state index contributed by atoms with van der Waals surface area (Å²) >= 11 is 0. The molecule has 104 valence electrons. The molecule has 0 unspecified atom stereocenters. The first-order chi connectivity index (χ1) is 8.64. The minimum absolute atomic E-state index is 0.0998. The van der Waals surface area contributed by atoms with Gasteiger partial charge in [-0.15, -0.1) is 0 Å². The maximum atomic E-state index is 11.8. The van der Waals surface area contributed by atoms with Crippen molar-refractivity contribution in [3.05, 3.63) is 0 Å². The Morgan fingerprint density at radius 2 is 2.11 bits per heavy atom. The second-order valence-corrected chi connectivity index (χ2v) is 4.69. The number of amidine groups is 1. The first-order valence-corrected chi connectivity index (χ1v) is 6.51. The van der Waals surface area contributed by atoms with Crippen LogP contribution in [0.5, 0.6) is 0 Å². The first-order valence-electron chi connectivity index (χ1n) is 6.51. The van der Waals surface area contributed by atoms with Gasteiger partial charge in [0.15, 0.2) is 5.84 Å². The van der Waals surface area contributed by atoms with E-state index in [9.17, 15) is 4.79 Å². The Morgan fingerprint density at radius 1 is 1.44 bits per heavy atom. The third-order valence-electron chi connectivity index (χ3n) is 3.26. The molecule has 0 aliphatic heterocycles. The van der Waals surface area contributed by atoms with Crippen LogP contribution in [-0.4, -0.2) is 35.7 Å². The Balaban J connectivity index is 2.44. The van der Waals surface area contributed by atoms with Crippen molar-refractivity contribution in [2.24, 2.45) is 10.9 Å². The van der Waals surface area contributed by atoms with Gasteiger partial charge in [0.1, 0.15) is 5.54 Å². The van der Waals surface area contributed by atoms with E-state index in [4.69, 9.17) is 15.7 Å². The lowest BCUT2D eigenvalue weighted by atomic mass is 9.96. The molecule has 0 saturated heterocycles. The maximum absolute atomic E-state index is 11.8. The SMILES string of the molecule is CCCOCCC(=O)NC1(C(N)=NO)CCCC1. The van der Waals surface area contributed by atoms with E-state index in [2.05, 4.69) is 10.5 Å². The molecule has 1 aliphatic carbocycles. The van der Waals surface area contributed by atoms with Crippen LogP contribution in [0.25, 0.3) is 0 Å². The smallest absolute Gasteiger partial charge is 0.223 e. The molecule has 0 heterocycles.